The van der Waals surface area contributed by atoms with Crippen LogP contribution in [0.1, 0.15) is 30.2 Å². The fourth-order valence-electron chi connectivity index (χ4n) is 3.25. The van der Waals surface area contributed by atoms with E-state index in [1.807, 2.05) is 30.3 Å². The van der Waals surface area contributed by atoms with Gasteiger partial charge in [0.2, 0.25) is 5.91 Å². The number of rotatable bonds is 7. The highest BCUT2D eigenvalue weighted by Crippen LogP contribution is 2.32. The first-order valence-electron chi connectivity index (χ1n) is 9.49. The molecule has 0 bridgehead atoms. The summed E-state index contributed by atoms with van der Waals surface area (Å²) in [7, 11) is 0. The zero-order chi connectivity index (χ0) is 19.3. The van der Waals surface area contributed by atoms with Crippen molar-refractivity contribution in [3.8, 4) is 0 Å². The van der Waals surface area contributed by atoms with Crippen LogP contribution < -0.4 is 4.90 Å². The molecule has 142 valence electrons. The van der Waals surface area contributed by atoms with Gasteiger partial charge in [-0.2, -0.15) is 0 Å². The lowest BCUT2D eigenvalue weighted by Crippen LogP contribution is -2.30. The first kappa shape index (κ1) is 18.4. The number of aromatic nitrogens is 1. The molecule has 0 aliphatic carbocycles. The predicted octanol–water partition coefficient (Wildman–Crippen LogP) is 5.62. The van der Waals surface area contributed by atoms with Gasteiger partial charge in [0, 0.05) is 6.42 Å². The van der Waals surface area contributed by atoms with Gasteiger partial charge in [-0.1, -0.05) is 60.7 Å². The highest BCUT2D eigenvalue weighted by Gasteiger charge is 2.21. The maximum atomic E-state index is 13.1. The van der Waals surface area contributed by atoms with E-state index in [2.05, 4.69) is 37.3 Å². The average molecular weight is 391 g/mol. The third-order valence-electron chi connectivity index (χ3n) is 4.77. The molecular formula is C23H22N2O2S. The van der Waals surface area contributed by atoms with Gasteiger partial charge < -0.3 is 4.42 Å². The number of fused-ring (bicyclic) bond motifs is 1. The molecule has 2 aromatic carbocycles. The SMILES string of the molecule is CCc1cccc2sc(N(Cc3ccco3)C(=O)CCc3ccccc3)nc12. The molecule has 4 nitrogen and oxygen atoms in total. The van der Waals surface area contributed by atoms with E-state index in [1.54, 1.807) is 22.5 Å². The Morgan fingerprint density at radius 3 is 2.68 bits per heavy atom. The van der Waals surface area contributed by atoms with Gasteiger partial charge in [0.15, 0.2) is 5.13 Å². The first-order valence-corrected chi connectivity index (χ1v) is 10.3. The molecule has 0 saturated carbocycles. The number of anilines is 1. The number of para-hydroxylation sites is 1. The normalized spacial score (nSPS) is 11.0. The largest absolute Gasteiger partial charge is 0.467 e. The third kappa shape index (κ3) is 3.99. The summed E-state index contributed by atoms with van der Waals surface area (Å²) in [5.74, 6) is 0.806. The number of thiazole rings is 1. The van der Waals surface area contributed by atoms with Gasteiger partial charge in [0.25, 0.3) is 0 Å². The van der Waals surface area contributed by atoms with Crippen LogP contribution in [0.25, 0.3) is 10.2 Å². The molecule has 0 fully saturated rings. The summed E-state index contributed by atoms with van der Waals surface area (Å²) >= 11 is 1.56. The van der Waals surface area contributed by atoms with Gasteiger partial charge in [-0.15, -0.1) is 0 Å². The maximum Gasteiger partial charge on any atom is 0.229 e. The van der Waals surface area contributed by atoms with Gasteiger partial charge in [0.1, 0.15) is 5.76 Å². The second-order valence-corrected chi connectivity index (χ2v) is 7.67. The van der Waals surface area contributed by atoms with Crippen molar-refractivity contribution in [3.63, 3.8) is 0 Å². The van der Waals surface area contributed by atoms with E-state index in [4.69, 9.17) is 9.40 Å². The number of benzene rings is 2. The third-order valence-corrected chi connectivity index (χ3v) is 5.81. The summed E-state index contributed by atoms with van der Waals surface area (Å²) < 4.78 is 6.61. The van der Waals surface area contributed by atoms with E-state index in [0.717, 1.165) is 33.1 Å². The first-order chi connectivity index (χ1) is 13.7. The minimum absolute atomic E-state index is 0.0531. The standard InChI is InChI=1S/C23H22N2O2S/c1-2-18-10-6-12-20-22(18)24-23(28-20)25(16-19-11-7-15-27-19)21(26)14-13-17-8-4-3-5-9-17/h3-12,15H,2,13-14,16H2,1H3. The zero-order valence-corrected chi connectivity index (χ0v) is 16.6. The number of aryl methyl sites for hydroxylation is 2. The number of amides is 1. The molecule has 0 atom stereocenters. The van der Waals surface area contributed by atoms with Crippen molar-refractivity contribution < 1.29 is 9.21 Å². The molecule has 0 aliphatic rings. The van der Waals surface area contributed by atoms with Crippen molar-refractivity contribution >= 4 is 32.6 Å². The summed E-state index contributed by atoms with van der Waals surface area (Å²) in [6.07, 6.45) is 3.69. The summed E-state index contributed by atoms with van der Waals surface area (Å²) in [5.41, 5.74) is 3.35. The van der Waals surface area contributed by atoms with Gasteiger partial charge >= 0.3 is 0 Å². The van der Waals surface area contributed by atoms with Crippen LogP contribution in [0.15, 0.2) is 71.3 Å². The molecule has 0 aliphatic heterocycles. The van der Waals surface area contributed by atoms with Crippen molar-refractivity contribution in [2.45, 2.75) is 32.7 Å². The van der Waals surface area contributed by atoms with E-state index < -0.39 is 0 Å². The van der Waals surface area contributed by atoms with E-state index >= 15 is 0 Å². The zero-order valence-electron chi connectivity index (χ0n) is 15.8. The number of furan rings is 1. The van der Waals surface area contributed by atoms with Crippen LogP contribution in [-0.2, 0) is 24.2 Å². The molecule has 4 aromatic rings. The number of hydrogen-bond acceptors (Lipinski definition) is 4. The lowest BCUT2D eigenvalue weighted by molar-refractivity contribution is -0.118. The summed E-state index contributed by atoms with van der Waals surface area (Å²) in [6.45, 7) is 2.52. The van der Waals surface area contributed by atoms with Crippen molar-refractivity contribution in [1.82, 2.24) is 4.98 Å². The lowest BCUT2D eigenvalue weighted by atomic mass is 10.1. The molecule has 0 spiro atoms. The predicted molar refractivity (Wildman–Crippen MR) is 114 cm³/mol. The van der Waals surface area contributed by atoms with Crippen molar-refractivity contribution in [3.05, 3.63) is 83.8 Å². The number of carbonyl (C=O) groups is 1. The number of nitrogens with zero attached hydrogens (tertiary/aromatic N) is 2. The Balaban J connectivity index is 1.62. The van der Waals surface area contributed by atoms with E-state index in [0.29, 0.717) is 19.4 Å². The second kappa shape index (κ2) is 8.40. The molecule has 0 N–H and O–H groups in total. The summed E-state index contributed by atoms with van der Waals surface area (Å²) in [5, 5.41) is 0.727. The van der Waals surface area contributed by atoms with E-state index in [1.165, 1.54) is 5.56 Å². The van der Waals surface area contributed by atoms with Crippen LogP contribution in [0.4, 0.5) is 5.13 Å². The van der Waals surface area contributed by atoms with Crippen LogP contribution in [0.3, 0.4) is 0 Å². The molecule has 0 saturated heterocycles. The molecule has 0 radical (unpaired) electrons. The topological polar surface area (TPSA) is 46.3 Å². The maximum absolute atomic E-state index is 13.1. The van der Waals surface area contributed by atoms with Crippen LogP contribution in [0.5, 0.6) is 0 Å². The highest BCUT2D eigenvalue weighted by atomic mass is 32.1. The molecule has 4 rings (SSSR count). The number of carbonyl (C=O) groups excluding carboxylic acids is 1. The number of hydrogen-bond donors (Lipinski definition) is 0. The molecule has 0 unspecified atom stereocenters. The molecule has 2 aromatic heterocycles. The summed E-state index contributed by atoms with van der Waals surface area (Å²) in [4.78, 5) is 19.7. The lowest BCUT2D eigenvalue weighted by Gasteiger charge is -2.18. The smallest absolute Gasteiger partial charge is 0.229 e. The Morgan fingerprint density at radius 2 is 1.93 bits per heavy atom. The van der Waals surface area contributed by atoms with E-state index in [9.17, 15) is 4.79 Å². The van der Waals surface area contributed by atoms with Crippen molar-refractivity contribution in [1.29, 1.82) is 0 Å². The van der Waals surface area contributed by atoms with Crippen LogP contribution in [-0.4, -0.2) is 10.9 Å². The van der Waals surface area contributed by atoms with Crippen molar-refractivity contribution in [2.75, 3.05) is 4.90 Å². The van der Waals surface area contributed by atoms with Crippen molar-refractivity contribution in [2.24, 2.45) is 0 Å². The minimum Gasteiger partial charge on any atom is -0.467 e. The van der Waals surface area contributed by atoms with Crippen LogP contribution in [0.2, 0.25) is 0 Å². The molecule has 28 heavy (non-hydrogen) atoms. The molecule has 2 heterocycles. The Hall–Kier alpha value is -2.92. The van der Waals surface area contributed by atoms with Gasteiger partial charge in [-0.25, -0.2) is 4.98 Å². The Labute approximate surface area is 168 Å². The molecular weight excluding hydrogens is 368 g/mol. The highest BCUT2D eigenvalue weighted by molar-refractivity contribution is 7.22. The van der Waals surface area contributed by atoms with Crippen LogP contribution >= 0.6 is 11.3 Å². The fourth-order valence-corrected chi connectivity index (χ4v) is 4.28. The van der Waals surface area contributed by atoms with Gasteiger partial charge in [0.05, 0.1) is 23.0 Å². The fraction of sp³-hybridized carbons (Fsp3) is 0.217. The minimum atomic E-state index is 0.0531. The Kier molecular flexibility index (Phi) is 5.53. The Morgan fingerprint density at radius 1 is 1.07 bits per heavy atom. The van der Waals surface area contributed by atoms with Gasteiger partial charge in [-0.3, -0.25) is 9.69 Å². The quantitative estimate of drug-likeness (QED) is 0.411. The molecule has 1 amide bonds. The summed E-state index contributed by atoms with van der Waals surface area (Å²) in [6, 6.07) is 20.0. The van der Waals surface area contributed by atoms with Gasteiger partial charge in [-0.05, 0) is 42.2 Å². The molecule has 5 heteroatoms. The second-order valence-electron chi connectivity index (χ2n) is 6.66. The van der Waals surface area contributed by atoms with Crippen LogP contribution in [0, 0.1) is 0 Å². The average Bonchev–Trinajstić information content (AvgIpc) is 3.40. The van der Waals surface area contributed by atoms with E-state index in [-0.39, 0.29) is 5.91 Å². The Bertz CT molecular complexity index is 1050. The monoisotopic (exact) mass is 390 g/mol.